The molecule has 0 aliphatic rings. The highest BCUT2D eigenvalue weighted by atomic mass is 19.5. The van der Waals surface area contributed by atoms with Gasteiger partial charge in [-0.1, -0.05) is 6.58 Å². The van der Waals surface area contributed by atoms with Gasteiger partial charge in [0.1, 0.15) is 0 Å². The van der Waals surface area contributed by atoms with Crippen LogP contribution < -0.4 is 0 Å². The van der Waals surface area contributed by atoms with Crippen molar-refractivity contribution in [2.75, 3.05) is 0 Å². The third kappa shape index (κ3) is 8.48. The van der Waals surface area contributed by atoms with E-state index in [1.54, 1.807) is 6.58 Å². The summed E-state index contributed by atoms with van der Waals surface area (Å²) in [6, 6.07) is 0. The van der Waals surface area contributed by atoms with E-state index in [1.165, 1.54) is 4.74 Å². The Bertz CT molecular complexity index is 2270. The van der Waals surface area contributed by atoms with Crippen molar-refractivity contribution in [1.29, 1.82) is 0 Å². The highest BCUT2D eigenvalue weighted by Gasteiger charge is 3.05. The molecular formula is C28H5F49O2. The second-order valence-corrected chi connectivity index (χ2v) is 14.8. The summed E-state index contributed by atoms with van der Waals surface area (Å²) in [5.74, 6) is -233. The van der Waals surface area contributed by atoms with E-state index in [0.29, 0.717) is 0 Å². The largest absolute Gasteiger partial charge is 0.460 e. The summed E-state index contributed by atoms with van der Waals surface area (Å²) in [7, 11) is 0. The molecule has 0 saturated heterocycles. The molecule has 79 heavy (non-hydrogen) atoms. The number of rotatable bonds is 23. The SMILES string of the molecule is C=C(C)C(=O)OC(F)(C(F)(F)C(F)(F)C(F)(F)C(F)(F)C(F)(F)C(F)(F)C(F)(F)C(F)(F)C(F)(F)C(F)(F)C(F)(F)F)C(F)(F)C(F)(F)C(F)(F)C(F)(F)C(F)(F)C(F)(F)C(F)(F)C(F)(F)C(F)(F)C(F)(F)C(F)(F)C(F)(F)F. The Balaban J connectivity index is 8.77. The Hall–Kier alpha value is -4.22. The number of ether oxygens (including phenoxy) is 1. The summed E-state index contributed by atoms with van der Waals surface area (Å²) in [5.41, 5.74) is -2.79. The van der Waals surface area contributed by atoms with Crippen LogP contribution >= 0.6 is 0 Å². The van der Waals surface area contributed by atoms with Crippen molar-refractivity contribution in [3.05, 3.63) is 12.2 Å². The predicted octanol–water partition coefficient (Wildman–Crippen LogP) is 16.2. The van der Waals surface area contributed by atoms with Crippen LogP contribution in [0.2, 0.25) is 0 Å². The molecule has 1 atom stereocenters. The molecular weight excluding hydrogens is 1300 g/mol. The van der Waals surface area contributed by atoms with E-state index < -0.39 is 161 Å². The first-order valence-electron chi connectivity index (χ1n) is 16.7. The van der Waals surface area contributed by atoms with E-state index in [2.05, 4.69) is 0 Å². The number of carbonyl (C=O) groups is 1. The Morgan fingerprint density at radius 2 is 0.316 bits per heavy atom. The molecule has 0 bridgehead atoms. The summed E-state index contributed by atoms with van der Waals surface area (Å²) < 4.78 is 681. The number of alkyl halides is 49. The third-order valence-corrected chi connectivity index (χ3v) is 9.59. The molecule has 0 aromatic heterocycles. The maximum atomic E-state index is 15.5. The lowest BCUT2D eigenvalue weighted by molar-refractivity contribution is -0.504. The van der Waals surface area contributed by atoms with Crippen LogP contribution in [0.25, 0.3) is 0 Å². The second kappa shape index (κ2) is 18.1. The van der Waals surface area contributed by atoms with Crippen molar-refractivity contribution in [3.63, 3.8) is 0 Å². The zero-order chi connectivity index (χ0) is 65.9. The summed E-state index contributed by atoms with van der Waals surface area (Å²) in [6.45, 7) is 0.939. The molecule has 0 N–H and O–H groups in total. The number of hydrogen-bond donors (Lipinski definition) is 0. The number of carbonyl (C=O) groups excluding carboxylic acids is 1. The molecule has 0 saturated carbocycles. The number of halogens is 49. The van der Waals surface area contributed by atoms with Gasteiger partial charge in [-0.15, -0.1) is 0 Å². The average molecular weight is 1300 g/mol. The molecule has 2 nitrogen and oxygen atoms in total. The standard InChI is InChI=1S/C28H5F49O2/c1-3(2)4(78)79-26(71,23(65,66)19(57,58)15(49,50)11(41,42)7(33,34)9(37,38)13(45,46)17(53,54)21(61,62)25(69,70)28(75,76)77)22(63,64)18(55,56)14(47,48)10(39,40)6(31,32)5(29,30)8(35,36)12(43,44)16(51,52)20(59,60)24(67,68)27(72,73)74/h1H2,2H3. The first-order chi connectivity index (χ1) is 33.1. The predicted molar refractivity (Wildman–Crippen MR) is 141 cm³/mol. The maximum Gasteiger partial charge on any atom is 0.460 e. The van der Waals surface area contributed by atoms with Gasteiger partial charge in [-0.05, 0) is 6.92 Å². The minimum atomic E-state index is -10.9. The van der Waals surface area contributed by atoms with Crippen LogP contribution in [-0.4, -0.2) is 149 Å². The Kier molecular flexibility index (Phi) is 17.2. The minimum Gasteiger partial charge on any atom is -0.413 e. The van der Waals surface area contributed by atoms with Crippen molar-refractivity contribution in [2.24, 2.45) is 0 Å². The van der Waals surface area contributed by atoms with E-state index in [4.69, 9.17) is 0 Å². The normalized spacial score (nSPS) is 17.7. The lowest BCUT2D eigenvalue weighted by Gasteiger charge is -2.49. The molecule has 0 radical (unpaired) electrons. The zero-order valence-electron chi connectivity index (χ0n) is 34.0. The van der Waals surface area contributed by atoms with Crippen LogP contribution in [0.5, 0.6) is 0 Å². The van der Waals surface area contributed by atoms with E-state index in [-0.39, 0.29) is 0 Å². The summed E-state index contributed by atoms with van der Waals surface area (Å²) in [6.07, 6.45) is -17.3. The van der Waals surface area contributed by atoms with Gasteiger partial charge < -0.3 is 4.74 Å². The fourth-order valence-electron chi connectivity index (χ4n) is 4.65. The zero-order valence-corrected chi connectivity index (χ0v) is 34.0. The molecule has 0 aromatic carbocycles. The Morgan fingerprint density at radius 1 is 0.215 bits per heavy atom. The van der Waals surface area contributed by atoms with Crippen LogP contribution in [0.15, 0.2) is 12.2 Å². The molecule has 472 valence electrons. The van der Waals surface area contributed by atoms with Crippen molar-refractivity contribution in [1.82, 2.24) is 0 Å². The van der Waals surface area contributed by atoms with E-state index in [0.717, 1.165) is 0 Å². The number of hydrogen-bond acceptors (Lipinski definition) is 2. The first-order valence-corrected chi connectivity index (χ1v) is 16.7. The van der Waals surface area contributed by atoms with Gasteiger partial charge in [-0.2, -0.15) is 215 Å². The van der Waals surface area contributed by atoms with E-state index in [9.17, 15) is 198 Å². The Labute approximate surface area is 393 Å². The topological polar surface area (TPSA) is 26.3 Å². The molecule has 1 unspecified atom stereocenters. The Morgan fingerprint density at radius 3 is 0.418 bits per heavy atom. The molecule has 0 fully saturated rings. The summed E-state index contributed by atoms with van der Waals surface area (Å²) in [4.78, 5) is 11.5. The smallest absolute Gasteiger partial charge is 0.413 e. The van der Waals surface area contributed by atoms with Gasteiger partial charge in [0, 0.05) is 5.57 Å². The van der Waals surface area contributed by atoms with Crippen LogP contribution in [0.3, 0.4) is 0 Å². The van der Waals surface area contributed by atoms with Gasteiger partial charge in [0.25, 0.3) is 0 Å². The van der Waals surface area contributed by atoms with Crippen LogP contribution in [-0.2, 0) is 9.53 Å². The van der Waals surface area contributed by atoms with Crippen molar-refractivity contribution >= 4 is 5.97 Å². The molecule has 0 spiro atoms. The molecule has 0 rings (SSSR count). The quantitative estimate of drug-likeness (QED) is 0.0579. The maximum absolute atomic E-state index is 15.5. The lowest BCUT2D eigenvalue weighted by Crippen LogP contribution is -2.82. The third-order valence-electron chi connectivity index (χ3n) is 9.59. The minimum absolute atomic E-state index is 0.740. The summed E-state index contributed by atoms with van der Waals surface area (Å²) in [5, 5.41) is 0. The van der Waals surface area contributed by atoms with Crippen LogP contribution in [0, 0.1) is 0 Å². The van der Waals surface area contributed by atoms with Crippen molar-refractivity contribution in [2.45, 2.75) is 150 Å². The van der Waals surface area contributed by atoms with Gasteiger partial charge in [0.05, 0.1) is 0 Å². The molecule has 0 heterocycles. The van der Waals surface area contributed by atoms with Gasteiger partial charge >= 0.3 is 149 Å². The molecule has 0 aliphatic heterocycles. The first kappa shape index (κ1) is 74.8. The lowest BCUT2D eigenvalue weighted by atomic mass is 9.80. The van der Waals surface area contributed by atoms with Gasteiger partial charge in [0.15, 0.2) is 0 Å². The molecule has 51 heteroatoms. The number of esters is 1. The van der Waals surface area contributed by atoms with Crippen LogP contribution in [0.4, 0.5) is 215 Å². The van der Waals surface area contributed by atoms with Crippen LogP contribution in [0.1, 0.15) is 6.92 Å². The van der Waals surface area contributed by atoms with Gasteiger partial charge in [-0.25, -0.2) is 4.79 Å². The molecule has 0 aliphatic carbocycles. The average Bonchev–Trinajstić information content (AvgIpc) is 3.20. The summed E-state index contributed by atoms with van der Waals surface area (Å²) >= 11 is 0. The molecule has 0 aromatic rings. The van der Waals surface area contributed by atoms with E-state index >= 15 is 22.0 Å². The van der Waals surface area contributed by atoms with Crippen molar-refractivity contribution in [3.8, 4) is 0 Å². The monoisotopic (exact) mass is 1300 g/mol. The fraction of sp³-hybridized carbons (Fsp3) is 0.893. The van der Waals surface area contributed by atoms with Gasteiger partial charge in [-0.3, -0.25) is 0 Å². The highest BCUT2D eigenvalue weighted by Crippen LogP contribution is 2.72. The molecule has 0 amide bonds. The highest BCUT2D eigenvalue weighted by molar-refractivity contribution is 5.87. The van der Waals surface area contributed by atoms with Gasteiger partial charge in [0.2, 0.25) is 0 Å². The van der Waals surface area contributed by atoms with Crippen molar-refractivity contribution < 1.29 is 225 Å². The fourth-order valence-corrected chi connectivity index (χ4v) is 4.65. The van der Waals surface area contributed by atoms with E-state index in [1.807, 2.05) is 0 Å². The second-order valence-electron chi connectivity index (χ2n) is 14.8.